The minimum atomic E-state index is -0.323. The van der Waals surface area contributed by atoms with Gasteiger partial charge in [0.25, 0.3) is 0 Å². The molecule has 0 fully saturated rings. The van der Waals surface area contributed by atoms with Gasteiger partial charge in [0.2, 0.25) is 0 Å². The van der Waals surface area contributed by atoms with Gasteiger partial charge < -0.3 is 4.74 Å². The highest BCUT2D eigenvalue weighted by atomic mass is 19.1. The van der Waals surface area contributed by atoms with Crippen molar-refractivity contribution < 1.29 is 9.13 Å². The van der Waals surface area contributed by atoms with E-state index in [0.29, 0.717) is 12.4 Å². The minimum absolute atomic E-state index is 0.303. The fourth-order valence-corrected chi connectivity index (χ4v) is 1.18. The molecule has 3 heteroatoms. The molecule has 0 amide bonds. The normalized spacial score (nSPS) is 11.6. The summed E-state index contributed by atoms with van der Waals surface area (Å²) >= 11 is 0. The van der Waals surface area contributed by atoms with E-state index in [9.17, 15) is 4.39 Å². The predicted octanol–water partition coefficient (Wildman–Crippen LogP) is 3.05. The van der Waals surface area contributed by atoms with Gasteiger partial charge in [0.05, 0.1) is 6.61 Å². The maximum absolute atomic E-state index is 13.3. The first-order chi connectivity index (χ1) is 7.19. The van der Waals surface area contributed by atoms with Crippen LogP contribution in [0.15, 0.2) is 23.2 Å². The van der Waals surface area contributed by atoms with Gasteiger partial charge in [-0.3, -0.25) is 4.99 Å². The summed E-state index contributed by atoms with van der Waals surface area (Å²) in [4.78, 5) is 4.05. The van der Waals surface area contributed by atoms with Gasteiger partial charge in [-0.1, -0.05) is 6.92 Å². The van der Waals surface area contributed by atoms with Gasteiger partial charge in [-0.25, -0.2) is 4.39 Å². The van der Waals surface area contributed by atoms with Crippen molar-refractivity contribution >= 4 is 5.71 Å². The number of halogens is 1. The van der Waals surface area contributed by atoms with Gasteiger partial charge in [-0.2, -0.15) is 0 Å². The second-order valence-corrected chi connectivity index (χ2v) is 3.30. The summed E-state index contributed by atoms with van der Waals surface area (Å²) in [5, 5.41) is 0. The number of benzene rings is 1. The average molecular weight is 209 g/mol. The maximum Gasteiger partial charge on any atom is 0.165 e. The fraction of sp³-hybridized carbons (Fsp3) is 0.417. The molecule has 0 aromatic heterocycles. The lowest BCUT2D eigenvalue weighted by Crippen LogP contribution is -2.00. The second-order valence-electron chi connectivity index (χ2n) is 3.30. The Morgan fingerprint density at radius 1 is 1.47 bits per heavy atom. The lowest BCUT2D eigenvalue weighted by atomic mass is 10.1. The van der Waals surface area contributed by atoms with Crippen LogP contribution in [0, 0.1) is 5.82 Å². The van der Waals surface area contributed by atoms with Crippen LogP contribution in [0.1, 0.15) is 25.8 Å². The SMILES string of the molecule is CCCOc1cc(C(C)=NC)ccc1F. The topological polar surface area (TPSA) is 21.6 Å². The third-order valence-electron chi connectivity index (χ3n) is 2.15. The van der Waals surface area contributed by atoms with E-state index in [-0.39, 0.29) is 5.82 Å². The van der Waals surface area contributed by atoms with Crippen LogP contribution in [0.4, 0.5) is 4.39 Å². The first kappa shape index (κ1) is 11.7. The van der Waals surface area contributed by atoms with E-state index in [1.165, 1.54) is 6.07 Å². The van der Waals surface area contributed by atoms with E-state index in [1.54, 1.807) is 19.2 Å². The molecule has 0 radical (unpaired) electrons. The molecule has 2 nitrogen and oxygen atoms in total. The molecule has 1 rings (SSSR count). The van der Waals surface area contributed by atoms with E-state index in [1.807, 2.05) is 13.8 Å². The van der Waals surface area contributed by atoms with Crippen molar-refractivity contribution in [3.05, 3.63) is 29.6 Å². The fourth-order valence-electron chi connectivity index (χ4n) is 1.18. The lowest BCUT2D eigenvalue weighted by Gasteiger charge is -2.07. The Hall–Kier alpha value is -1.38. The third-order valence-corrected chi connectivity index (χ3v) is 2.15. The van der Waals surface area contributed by atoms with E-state index >= 15 is 0 Å². The van der Waals surface area contributed by atoms with Crippen LogP contribution >= 0.6 is 0 Å². The molecular weight excluding hydrogens is 193 g/mol. The smallest absolute Gasteiger partial charge is 0.165 e. The van der Waals surface area contributed by atoms with Crippen molar-refractivity contribution in [1.82, 2.24) is 0 Å². The average Bonchev–Trinajstić information content (AvgIpc) is 2.27. The molecule has 0 spiro atoms. The van der Waals surface area contributed by atoms with Gasteiger partial charge in [0.15, 0.2) is 11.6 Å². The predicted molar refractivity (Wildman–Crippen MR) is 60.3 cm³/mol. The van der Waals surface area contributed by atoms with Crippen LogP contribution in [0.25, 0.3) is 0 Å². The third kappa shape index (κ3) is 3.05. The summed E-state index contributed by atoms with van der Waals surface area (Å²) in [6.45, 7) is 4.40. The number of rotatable bonds is 4. The molecule has 0 aliphatic carbocycles. The summed E-state index contributed by atoms with van der Waals surface area (Å²) in [7, 11) is 1.71. The Balaban J connectivity index is 2.94. The van der Waals surface area contributed by atoms with Gasteiger partial charge in [-0.05, 0) is 37.1 Å². The standard InChI is InChI=1S/C12H16FNO/c1-4-7-15-12-8-10(9(2)14-3)5-6-11(12)13/h5-6,8H,4,7H2,1-3H3. The molecular formula is C12H16FNO. The Labute approximate surface area is 89.8 Å². The molecule has 0 atom stereocenters. The van der Waals surface area contributed by atoms with Crippen LogP contribution in [0.2, 0.25) is 0 Å². The Morgan fingerprint density at radius 2 is 2.20 bits per heavy atom. The molecule has 0 aliphatic rings. The van der Waals surface area contributed by atoms with Crippen molar-refractivity contribution in [2.45, 2.75) is 20.3 Å². The van der Waals surface area contributed by atoms with Crippen LogP contribution in [0.5, 0.6) is 5.75 Å². The first-order valence-electron chi connectivity index (χ1n) is 5.05. The lowest BCUT2D eigenvalue weighted by molar-refractivity contribution is 0.301. The van der Waals surface area contributed by atoms with Crippen molar-refractivity contribution in [3.63, 3.8) is 0 Å². The molecule has 1 aromatic carbocycles. The van der Waals surface area contributed by atoms with Crippen molar-refractivity contribution in [3.8, 4) is 5.75 Å². The first-order valence-corrected chi connectivity index (χ1v) is 5.05. The van der Waals surface area contributed by atoms with Crippen LogP contribution in [-0.4, -0.2) is 19.4 Å². The van der Waals surface area contributed by atoms with Gasteiger partial charge in [-0.15, -0.1) is 0 Å². The zero-order valence-electron chi connectivity index (χ0n) is 9.38. The van der Waals surface area contributed by atoms with E-state index in [4.69, 9.17) is 4.74 Å². The molecule has 0 N–H and O–H groups in total. The quantitative estimate of drug-likeness (QED) is 0.698. The highest BCUT2D eigenvalue weighted by Gasteiger charge is 2.05. The largest absolute Gasteiger partial charge is 0.491 e. The van der Waals surface area contributed by atoms with Crippen LogP contribution < -0.4 is 4.74 Å². The summed E-state index contributed by atoms with van der Waals surface area (Å²) in [5.74, 6) is -0.0200. The van der Waals surface area contributed by atoms with Gasteiger partial charge >= 0.3 is 0 Å². The van der Waals surface area contributed by atoms with E-state index < -0.39 is 0 Å². The van der Waals surface area contributed by atoms with Crippen molar-refractivity contribution in [2.75, 3.05) is 13.7 Å². The summed E-state index contributed by atoms with van der Waals surface area (Å²) < 4.78 is 18.6. The number of hydrogen-bond acceptors (Lipinski definition) is 2. The number of ether oxygens (including phenoxy) is 1. The molecule has 1 aromatic rings. The highest BCUT2D eigenvalue weighted by Crippen LogP contribution is 2.19. The minimum Gasteiger partial charge on any atom is -0.491 e. The Morgan fingerprint density at radius 3 is 2.80 bits per heavy atom. The molecule has 0 unspecified atom stereocenters. The maximum atomic E-state index is 13.3. The molecule has 0 saturated heterocycles. The summed E-state index contributed by atoms with van der Waals surface area (Å²) in [6, 6.07) is 4.80. The van der Waals surface area contributed by atoms with Crippen molar-refractivity contribution in [2.24, 2.45) is 4.99 Å². The zero-order valence-corrected chi connectivity index (χ0v) is 9.38. The highest BCUT2D eigenvalue weighted by molar-refractivity contribution is 5.98. The van der Waals surface area contributed by atoms with Crippen LogP contribution in [0.3, 0.4) is 0 Å². The second kappa shape index (κ2) is 5.49. The molecule has 15 heavy (non-hydrogen) atoms. The summed E-state index contributed by atoms with van der Waals surface area (Å²) in [5.41, 5.74) is 1.77. The molecule has 0 aliphatic heterocycles. The van der Waals surface area contributed by atoms with E-state index in [0.717, 1.165) is 17.7 Å². The zero-order chi connectivity index (χ0) is 11.3. The molecule has 0 bridgehead atoms. The monoisotopic (exact) mass is 209 g/mol. The molecule has 82 valence electrons. The molecule has 0 saturated carbocycles. The number of nitrogens with zero attached hydrogens (tertiary/aromatic N) is 1. The van der Waals surface area contributed by atoms with Crippen LogP contribution in [-0.2, 0) is 0 Å². The molecule has 0 heterocycles. The van der Waals surface area contributed by atoms with Crippen molar-refractivity contribution in [1.29, 1.82) is 0 Å². The Bertz CT molecular complexity index is 361. The van der Waals surface area contributed by atoms with E-state index in [2.05, 4.69) is 4.99 Å². The Kier molecular flexibility index (Phi) is 4.28. The van der Waals surface area contributed by atoms with Gasteiger partial charge in [0.1, 0.15) is 0 Å². The summed E-state index contributed by atoms with van der Waals surface area (Å²) in [6.07, 6.45) is 0.866. The number of aliphatic imine (C=N–C) groups is 1. The van der Waals surface area contributed by atoms with Gasteiger partial charge in [0, 0.05) is 12.8 Å². The number of hydrogen-bond donors (Lipinski definition) is 0.